The fraction of sp³-hybridized carbons (Fsp3) is 0.429. The molecule has 1 heterocycles. The van der Waals surface area contributed by atoms with Gasteiger partial charge in [0.2, 0.25) is 5.89 Å². The first kappa shape index (κ1) is 16.7. The Balaban J connectivity index is 1.87. The SMILES string of the molecule is CC(C)c1noc(CCCNc2ccc(I)cc2[N+](=O)[O-])n1. The second-order valence-electron chi connectivity index (χ2n) is 5.15. The summed E-state index contributed by atoms with van der Waals surface area (Å²) >= 11 is 2.06. The highest BCUT2D eigenvalue weighted by Crippen LogP contribution is 2.26. The summed E-state index contributed by atoms with van der Waals surface area (Å²) in [4.78, 5) is 14.9. The van der Waals surface area contributed by atoms with Crippen LogP contribution in [0.5, 0.6) is 0 Å². The summed E-state index contributed by atoms with van der Waals surface area (Å²) in [5, 5.41) is 18.0. The molecule has 7 nitrogen and oxygen atoms in total. The van der Waals surface area contributed by atoms with Gasteiger partial charge in [0, 0.05) is 28.5 Å². The van der Waals surface area contributed by atoms with Crippen molar-refractivity contribution in [2.75, 3.05) is 11.9 Å². The second-order valence-corrected chi connectivity index (χ2v) is 6.40. The molecule has 1 aromatic carbocycles. The first-order valence-corrected chi connectivity index (χ1v) is 8.05. The van der Waals surface area contributed by atoms with E-state index in [0.29, 0.717) is 30.4 Å². The van der Waals surface area contributed by atoms with Gasteiger partial charge < -0.3 is 9.84 Å². The molecule has 0 aliphatic carbocycles. The molecule has 0 radical (unpaired) electrons. The van der Waals surface area contributed by atoms with Crippen molar-refractivity contribution in [3.63, 3.8) is 0 Å². The Labute approximate surface area is 141 Å². The van der Waals surface area contributed by atoms with Crippen molar-refractivity contribution in [1.82, 2.24) is 10.1 Å². The average molecular weight is 416 g/mol. The minimum Gasteiger partial charge on any atom is -0.379 e. The van der Waals surface area contributed by atoms with Crippen LogP contribution in [0.4, 0.5) is 11.4 Å². The van der Waals surface area contributed by atoms with Crippen LogP contribution in [0, 0.1) is 13.7 Å². The third-order valence-corrected chi connectivity index (χ3v) is 3.71. The van der Waals surface area contributed by atoms with Crippen LogP contribution in [0.25, 0.3) is 0 Å². The van der Waals surface area contributed by atoms with Crippen LogP contribution < -0.4 is 5.32 Å². The van der Waals surface area contributed by atoms with Crippen molar-refractivity contribution in [2.45, 2.75) is 32.6 Å². The van der Waals surface area contributed by atoms with E-state index in [1.54, 1.807) is 12.1 Å². The topological polar surface area (TPSA) is 94.1 Å². The molecule has 0 amide bonds. The molecule has 1 aromatic heterocycles. The lowest BCUT2D eigenvalue weighted by Crippen LogP contribution is -2.05. The van der Waals surface area contributed by atoms with E-state index in [0.717, 1.165) is 9.99 Å². The standard InChI is InChI=1S/C14H17IN4O3/c1-9(2)14-17-13(22-18-14)4-3-7-16-11-6-5-10(15)8-12(11)19(20)21/h5-6,8-9,16H,3-4,7H2,1-2H3. The van der Waals surface area contributed by atoms with Gasteiger partial charge in [-0.05, 0) is 41.1 Å². The summed E-state index contributed by atoms with van der Waals surface area (Å²) < 4.78 is 5.99. The Morgan fingerprint density at radius 1 is 1.45 bits per heavy atom. The van der Waals surface area contributed by atoms with Crippen LogP contribution in [0.1, 0.15) is 37.9 Å². The molecule has 2 aromatic rings. The van der Waals surface area contributed by atoms with Crippen LogP contribution >= 0.6 is 22.6 Å². The number of aryl methyl sites for hydroxylation is 1. The molecule has 0 aliphatic heterocycles. The van der Waals surface area contributed by atoms with E-state index in [2.05, 4.69) is 38.0 Å². The summed E-state index contributed by atoms with van der Waals surface area (Å²) in [6.45, 7) is 4.61. The minimum atomic E-state index is -0.378. The second kappa shape index (κ2) is 7.52. The monoisotopic (exact) mass is 416 g/mol. The van der Waals surface area contributed by atoms with E-state index in [1.807, 2.05) is 19.9 Å². The molecule has 0 bridgehead atoms. The molecule has 0 spiro atoms. The Hall–Kier alpha value is -1.71. The normalized spacial score (nSPS) is 10.9. The van der Waals surface area contributed by atoms with Crippen molar-refractivity contribution in [3.05, 3.63) is 43.6 Å². The number of nitro benzene ring substituents is 1. The summed E-state index contributed by atoms with van der Waals surface area (Å²) in [7, 11) is 0. The van der Waals surface area contributed by atoms with Gasteiger partial charge in [0.25, 0.3) is 5.69 Å². The highest BCUT2D eigenvalue weighted by molar-refractivity contribution is 14.1. The predicted molar refractivity (Wildman–Crippen MR) is 91.0 cm³/mol. The van der Waals surface area contributed by atoms with Crippen molar-refractivity contribution in [2.24, 2.45) is 0 Å². The highest BCUT2D eigenvalue weighted by Gasteiger charge is 2.14. The fourth-order valence-corrected chi connectivity index (χ4v) is 2.35. The number of hydrogen-bond donors (Lipinski definition) is 1. The summed E-state index contributed by atoms with van der Waals surface area (Å²) in [5.74, 6) is 1.55. The van der Waals surface area contributed by atoms with Crippen LogP contribution in [-0.2, 0) is 6.42 Å². The molecule has 8 heteroatoms. The van der Waals surface area contributed by atoms with Crippen LogP contribution in [0.15, 0.2) is 22.7 Å². The largest absolute Gasteiger partial charge is 0.379 e. The molecule has 2 rings (SSSR count). The van der Waals surface area contributed by atoms with E-state index in [4.69, 9.17) is 4.52 Å². The van der Waals surface area contributed by atoms with Crippen molar-refractivity contribution < 1.29 is 9.45 Å². The third-order valence-electron chi connectivity index (χ3n) is 3.04. The van der Waals surface area contributed by atoms with Gasteiger partial charge in [0.1, 0.15) is 5.69 Å². The number of nitro groups is 1. The molecular weight excluding hydrogens is 399 g/mol. The highest BCUT2D eigenvalue weighted by atomic mass is 127. The van der Waals surface area contributed by atoms with Gasteiger partial charge in [-0.2, -0.15) is 4.98 Å². The molecule has 1 N–H and O–H groups in total. The van der Waals surface area contributed by atoms with Crippen molar-refractivity contribution >= 4 is 34.0 Å². The first-order valence-electron chi connectivity index (χ1n) is 6.97. The zero-order chi connectivity index (χ0) is 16.1. The van der Waals surface area contributed by atoms with Gasteiger partial charge in [-0.15, -0.1) is 0 Å². The third kappa shape index (κ3) is 4.39. The summed E-state index contributed by atoms with van der Waals surface area (Å²) in [6.07, 6.45) is 1.40. The molecule has 22 heavy (non-hydrogen) atoms. The van der Waals surface area contributed by atoms with E-state index < -0.39 is 0 Å². The lowest BCUT2D eigenvalue weighted by Gasteiger charge is -2.06. The summed E-state index contributed by atoms with van der Waals surface area (Å²) in [5.41, 5.74) is 0.616. The maximum atomic E-state index is 11.0. The smallest absolute Gasteiger partial charge is 0.293 e. The number of aromatic nitrogens is 2. The van der Waals surface area contributed by atoms with E-state index in [9.17, 15) is 10.1 Å². The number of benzene rings is 1. The lowest BCUT2D eigenvalue weighted by atomic mass is 10.2. The van der Waals surface area contributed by atoms with Crippen LogP contribution in [0.3, 0.4) is 0 Å². The molecule has 0 unspecified atom stereocenters. The van der Waals surface area contributed by atoms with Crippen molar-refractivity contribution in [3.8, 4) is 0 Å². The van der Waals surface area contributed by atoms with Gasteiger partial charge in [0.15, 0.2) is 5.82 Å². The number of nitrogens with zero attached hydrogens (tertiary/aromatic N) is 3. The number of nitrogens with one attached hydrogen (secondary N) is 1. The summed E-state index contributed by atoms with van der Waals surface area (Å²) in [6, 6.07) is 5.11. The molecule has 0 atom stereocenters. The number of rotatable bonds is 7. The van der Waals surface area contributed by atoms with Gasteiger partial charge in [-0.1, -0.05) is 19.0 Å². The van der Waals surface area contributed by atoms with E-state index in [-0.39, 0.29) is 16.5 Å². The predicted octanol–water partition coefficient (Wildman–Crippen LogP) is 3.75. The number of hydrogen-bond acceptors (Lipinski definition) is 6. The Morgan fingerprint density at radius 3 is 2.86 bits per heavy atom. The molecule has 0 aliphatic rings. The molecular formula is C14H17IN4O3. The van der Waals surface area contributed by atoms with E-state index >= 15 is 0 Å². The minimum absolute atomic E-state index is 0.0896. The van der Waals surface area contributed by atoms with Crippen LogP contribution in [0.2, 0.25) is 0 Å². The number of anilines is 1. The molecule has 118 valence electrons. The van der Waals surface area contributed by atoms with Gasteiger partial charge in [-0.25, -0.2) is 0 Å². The Bertz CT molecular complexity index is 657. The zero-order valence-corrected chi connectivity index (χ0v) is 14.5. The van der Waals surface area contributed by atoms with Crippen LogP contribution in [-0.4, -0.2) is 21.6 Å². The molecule has 0 saturated heterocycles. The number of halogens is 1. The van der Waals surface area contributed by atoms with E-state index in [1.165, 1.54) is 0 Å². The average Bonchev–Trinajstić information content (AvgIpc) is 2.93. The van der Waals surface area contributed by atoms with Gasteiger partial charge in [-0.3, -0.25) is 10.1 Å². The van der Waals surface area contributed by atoms with Gasteiger partial charge in [0.05, 0.1) is 4.92 Å². The molecule has 0 fully saturated rings. The maximum absolute atomic E-state index is 11.0. The lowest BCUT2D eigenvalue weighted by molar-refractivity contribution is -0.384. The fourth-order valence-electron chi connectivity index (χ4n) is 1.87. The van der Waals surface area contributed by atoms with Gasteiger partial charge >= 0.3 is 0 Å². The first-order chi connectivity index (χ1) is 10.5. The maximum Gasteiger partial charge on any atom is 0.293 e. The zero-order valence-electron chi connectivity index (χ0n) is 12.4. The van der Waals surface area contributed by atoms with Crippen molar-refractivity contribution in [1.29, 1.82) is 0 Å². The Kier molecular flexibility index (Phi) is 5.69. The quantitative estimate of drug-likeness (QED) is 0.320. The Morgan fingerprint density at radius 2 is 2.23 bits per heavy atom. The molecule has 0 saturated carbocycles.